The lowest BCUT2D eigenvalue weighted by Gasteiger charge is -2.16. The fourth-order valence-electron chi connectivity index (χ4n) is 1.55. The molecule has 4 heteroatoms. The third-order valence-corrected chi connectivity index (χ3v) is 2.10. The number of aliphatic hydroxyl groups is 1. The van der Waals surface area contributed by atoms with E-state index in [1.165, 1.54) is 0 Å². The zero-order valence-corrected chi connectivity index (χ0v) is 10.1. The Morgan fingerprint density at radius 2 is 2.19 bits per heavy atom. The summed E-state index contributed by atoms with van der Waals surface area (Å²) in [5.74, 6) is 1.40. The number of nitrogens with zero attached hydrogens (tertiary/aromatic N) is 1. The van der Waals surface area contributed by atoms with E-state index in [-0.39, 0.29) is 12.1 Å². The summed E-state index contributed by atoms with van der Waals surface area (Å²) in [6, 6.07) is 5.80. The van der Waals surface area contributed by atoms with Gasteiger partial charge in [-0.05, 0) is 33.3 Å². The summed E-state index contributed by atoms with van der Waals surface area (Å²) < 4.78 is 5.31. The average Bonchev–Trinajstić information content (AvgIpc) is 2.17. The summed E-state index contributed by atoms with van der Waals surface area (Å²) in [6.45, 7) is 6.33. The monoisotopic (exact) mass is 224 g/mol. The summed E-state index contributed by atoms with van der Waals surface area (Å²) in [7, 11) is 0. The van der Waals surface area contributed by atoms with E-state index in [0.717, 1.165) is 5.82 Å². The van der Waals surface area contributed by atoms with Crippen molar-refractivity contribution in [1.29, 1.82) is 0 Å². The van der Waals surface area contributed by atoms with Crippen LogP contribution in [0.15, 0.2) is 18.2 Å². The average molecular weight is 224 g/mol. The Bertz CT molecular complexity index is 316. The van der Waals surface area contributed by atoms with Gasteiger partial charge in [0, 0.05) is 12.1 Å². The lowest BCUT2D eigenvalue weighted by Crippen LogP contribution is -2.21. The van der Waals surface area contributed by atoms with Gasteiger partial charge in [0.05, 0.1) is 12.7 Å². The molecule has 0 aliphatic rings. The molecule has 0 saturated heterocycles. The van der Waals surface area contributed by atoms with Gasteiger partial charge in [0.15, 0.2) is 0 Å². The molecule has 0 aromatic carbocycles. The number of pyridine rings is 1. The minimum Gasteiger partial charge on any atom is -0.478 e. The van der Waals surface area contributed by atoms with Gasteiger partial charge in [0.1, 0.15) is 5.82 Å². The minimum absolute atomic E-state index is 0.185. The number of nitrogens with one attached hydrogen (secondary N) is 1. The van der Waals surface area contributed by atoms with Crippen LogP contribution < -0.4 is 10.1 Å². The Kier molecular flexibility index (Phi) is 5.05. The lowest BCUT2D eigenvalue weighted by molar-refractivity contribution is 0.179. The summed E-state index contributed by atoms with van der Waals surface area (Å²) in [4.78, 5) is 4.29. The van der Waals surface area contributed by atoms with E-state index in [4.69, 9.17) is 4.74 Å². The Morgan fingerprint density at radius 3 is 2.81 bits per heavy atom. The normalized spacial score (nSPS) is 14.2. The first kappa shape index (κ1) is 12.8. The van der Waals surface area contributed by atoms with Gasteiger partial charge in [-0.1, -0.05) is 6.07 Å². The van der Waals surface area contributed by atoms with Crippen LogP contribution in [0.25, 0.3) is 0 Å². The zero-order chi connectivity index (χ0) is 12.0. The van der Waals surface area contributed by atoms with Gasteiger partial charge >= 0.3 is 0 Å². The molecule has 0 aliphatic heterocycles. The van der Waals surface area contributed by atoms with Gasteiger partial charge in [-0.3, -0.25) is 0 Å². The van der Waals surface area contributed by atoms with Crippen molar-refractivity contribution >= 4 is 5.82 Å². The third-order valence-electron chi connectivity index (χ3n) is 2.10. The second kappa shape index (κ2) is 6.33. The van der Waals surface area contributed by atoms with Crippen LogP contribution in [0, 0.1) is 0 Å². The van der Waals surface area contributed by atoms with E-state index in [0.29, 0.717) is 18.9 Å². The second-order valence-electron chi connectivity index (χ2n) is 3.92. The molecular weight excluding hydrogens is 204 g/mol. The van der Waals surface area contributed by atoms with E-state index in [9.17, 15) is 5.11 Å². The molecule has 4 nitrogen and oxygen atoms in total. The number of aromatic nitrogens is 1. The Hall–Kier alpha value is -1.29. The van der Waals surface area contributed by atoms with Crippen LogP contribution in [0.1, 0.15) is 27.2 Å². The quantitative estimate of drug-likeness (QED) is 0.776. The number of aliphatic hydroxyl groups excluding tert-OH is 1. The van der Waals surface area contributed by atoms with Crippen LogP contribution in [0.3, 0.4) is 0 Å². The van der Waals surface area contributed by atoms with E-state index < -0.39 is 0 Å². The van der Waals surface area contributed by atoms with Gasteiger partial charge in [-0.25, -0.2) is 0 Å². The first-order chi connectivity index (χ1) is 7.61. The lowest BCUT2D eigenvalue weighted by atomic mass is 10.1. The molecule has 1 heterocycles. The number of hydrogen-bond donors (Lipinski definition) is 2. The molecule has 1 aromatic rings. The third kappa shape index (κ3) is 4.49. The van der Waals surface area contributed by atoms with Crippen LogP contribution in [0.5, 0.6) is 5.88 Å². The number of ether oxygens (including phenoxy) is 1. The zero-order valence-electron chi connectivity index (χ0n) is 10.1. The van der Waals surface area contributed by atoms with E-state index >= 15 is 0 Å². The molecule has 1 rings (SSSR count). The van der Waals surface area contributed by atoms with Gasteiger partial charge in [0.2, 0.25) is 5.88 Å². The summed E-state index contributed by atoms with van der Waals surface area (Å²) >= 11 is 0. The highest BCUT2D eigenvalue weighted by atomic mass is 16.5. The fraction of sp³-hybridized carbons (Fsp3) is 0.583. The molecule has 90 valence electrons. The van der Waals surface area contributed by atoms with Gasteiger partial charge in [-0.2, -0.15) is 4.98 Å². The predicted molar refractivity (Wildman–Crippen MR) is 64.8 cm³/mol. The Morgan fingerprint density at radius 1 is 1.44 bits per heavy atom. The van der Waals surface area contributed by atoms with Crippen LogP contribution in [-0.2, 0) is 0 Å². The highest BCUT2D eigenvalue weighted by molar-refractivity contribution is 5.37. The molecular formula is C12H20N2O2. The first-order valence-corrected chi connectivity index (χ1v) is 5.66. The topological polar surface area (TPSA) is 54.4 Å². The molecule has 1 aromatic heterocycles. The van der Waals surface area contributed by atoms with E-state index in [2.05, 4.69) is 10.3 Å². The molecule has 2 unspecified atom stereocenters. The molecule has 0 aliphatic carbocycles. The van der Waals surface area contributed by atoms with Crippen molar-refractivity contribution < 1.29 is 9.84 Å². The molecule has 0 fully saturated rings. The second-order valence-corrected chi connectivity index (χ2v) is 3.92. The summed E-state index contributed by atoms with van der Waals surface area (Å²) in [5.41, 5.74) is 0. The molecule has 16 heavy (non-hydrogen) atoms. The van der Waals surface area contributed by atoms with Crippen LogP contribution in [0.4, 0.5) is 5.82 Å². The molecule has 2 atom stereocenters. The summed E-state index contributed by atoms with van der Waals surface area (Å²) in [6.07, 6.45) is 0.387. The largest absolute Gasteiger partial charge is 0.478 e. The van der Waals surface area contributed by atoms with Gasteiger partial charge in [-0.15, -0.1) is 0 Å². The molecule has 0 spiro atoms. The molecule has 0 radical (unpaired) electrons. The minimum atomic E-state index is -0.308. The van der Waals surface area contributed by atoms with Gasteiger partial charge < -0.3 is 15.2 Å². The van der Waals surface area contributed by atoms with Gasteiger partial charge in [0.25, 0.3) is 0 Å². The maximum Gasteiger partial charge on any atom is 0.215 e. The van der Waals surface area contributed by atoms with Crippen LogP contribution in [-0.4, -0.2) is 28.8 Å². The molecule has 0 bridgehead atoms. The standard InChI is InChI=1S/C12H20N2O2/c1-4-16-12-7-5-6-11(14-12)13-9(2)8-10(3)15/h5-7,9-10,15H,4,8H2,1-3H3,(H,13,14). The Labute approximate surface area is 96.7 Å². The van der Waals surface area contributed by atoms with Crippen molar-refractivity contribution in [3.63, 3.8) is 0 Å². The highest BCUT2D eigenvalue weighted by Gasteiger charge is 2.06. The van der Waals surface area contributed by atoms with Crippen LogP contribution in [0.2, 0.25) is 0 Å². The van der Waals surface area contributed by atoms with Crippen molar-refractivity contribution in [2.75, 3.05) is 11.9 Å². The maximum absolute atomic E-state index is 9.25. The molecule has 2 N–H and O–H groups in total. The molecule has 0 amide bonds. The summed E-state index contributed by atoms with van der Waals surface area (Å²) in [5, 5.41) is 12.5. The van der Waals surface area contributed by atoms with E-state index in [1.54, 1.807) is 6.92 Å². The van der Waals surface area contributed by atoms with Crippen molar-refractivity contribution in [2.45, 2.75) is 39.3 Å². The molecule has 0 saturated carbocycles. The van der Waals surface area contributed by atoms with E-state index in [1.807, 2.05) is 32.0 Å². The maximum atomic E-state index is 9.25. The highest BCUT2D eigenvalue weighted by Crippen LogP contribution is 2.13. The van der Waals surface area contributed by atoms with Crippen molar-refractivity contribution in [2.24, 2.45) is 0 Å². The number of anilines is 1. The smallest absolute Gasteiger partial charge is 0.215 e. The Balaban J connectivity index is 2.55. The van der Waals surface area contributed by atoms with Crippen molar-refractivity contribution in [3.8, 4) is 5.88 Å². The van der Waals surface area contributed by atoms with Crippen molar-refractivity contribution in [3.05, 3.63) is 18.2 Å². The first-order valence-electron chi connectivity index (χ1n) is 5.66. The SMILES string of the molecule is CCOc1cccc(NC(C)CC(C)O)n1. The van der Waals surface area contributed by atoms with Crippen molar-refractivity contribution in [1.82, 2.24) is 4.98 Å². The predicted octanol–water partition coefficient (Wildman–Crippen LogP) is 2.05. The number of hydrogen-bond acceptors (Lipinski definition) is 4. The van der Waals surface area contributed by atoms with Crippen LogP contribution >= 0.6 is 0 Å². The fourth-order valence-corrected chi connectivity index (χ4v) is 1.55. The number of rotatable bonds is 6.